The molecule has 0 radical (unpaired) electrons. The molecule has 2 aliphatic heterocycles. The van der Waals surface area contributed by atoms with Crippen molar-refractivity contribution >= 4 is 21.7 Å². The number of carbonyl (C=O) groups is 2. The maximum absolute atomic E-state index is 12.7. The second-order valence-corrected chi connectivity index (χ2v) is 8.32. The smallest absolute Gasteiger partial charge is 0.243 e. The zero-order chi connectivity index (χ0) is 17.2. The van der Waals surface area contributed by atoms with Gasteiger partial charge in [-0.2, -0.15) is 4.31 Å². The molecular weight excluding hydrogens is 328 g/mol. The van der Waals surface area contributed by atoms with Crippen molar-refractivity contribution in [3.05, 3.63) is 30.3 Å². The first kappa shape index (κ1) is 17.1. The number of ketones is 1. The van der Waals surface area contributed by atoms with Gasteiger partial charge in [0.05, 0.1) is 10.8 Å². The van der Waals surface area contributed by atoms with Gasteiger partial charge in [0, 0.05) is 39.0 Å². The first-order valence-electron chi connectivity index (χ1n) is 8.34. The average Bonchev–Trinajstić information content (AvgIpc) is 2.62. The molecule has 24 heavy (non-hydrogen) atoms. The quantitative estimate of drug-likeness (QED) is 0.823. The summed E-state index contributed by atoms with van der Waals surface area (Å²) in [5.41, 5.74) is 0. The van der Waals surface area contributed by atoms with Crippen molar-refractivity contribution in [2.24, 2.45) is 5.92 Å². The summed E-state index contributed by atoms with van der Waals surface area (Å²) >= 11 is 0. The molecule has 1 aromatic rings. The molecule has 0 aliphatic carbocycles. The molecule has 2 fully saturated rings. The fourth-order valence-electron chi connectivity index (χ4n) is 3.34. The van der Waals surface area contributed by atoms with Gasteiger partial charge >= 0.3 is 0 Å². The van der Waals surface area contributed by atoms with Gasteiger partial charge in [-0.05, 0) is 25.0 Å². The zero-order valence-corrected chi connectivity index (χ0v) is 14.4. The molecule has 7 heteroatoms. The Morgan fingerprint density at radius 2 is 1.71 bits per heavy atom. The van der Waals surface area contributed by atoms with Gasteiger partial charge in [0.1, 0.15) is 5.78 Å². The number of Topliss-reactive ketones (excluding diaryl/α,β-unsaturated/α-hetero) is 1. The first-order chi connectivity index (χ1) is 11.5. The Hall–Kier alpha value is -1.73. The van der Waals surface area contributed by atoms with Crippen molar-refractivity contribution in [2.45, 2.75) is 30.6 Å². The number of sulfonamides is 1. The fourth-order valence-corrected chi connectivity index (χ4v) is 4.88. The molecule has 3 rings (SSSR count). The van der Waals surface area contributed by atoms with E-state index in [0.717, 1.165) is 0 Å². The molecule has 0 N–H and O–H groups in total. The van der Waals surface area contributed by atoms with E-state index in [0.29, 0.717) is 45.3 Å². The summed E-state index contributed by atoms with van der Waals surface area (Å²) in [4.78, 5) is 26.0. The van der Waals surface area contributed by atoms with Crippen molar-refractivity contribution in [1.29, 1.82) is 0 Å². The normalized spacial score (nSPS) is 23.2. The molecule has 2 heterocycles. The maximum atomic E-state index is 12.7. The van der Waals surface area contributed by atoms with Gasteiger partial charge in [-0.15, -0.1) is 0 Å². The predicted molar refractivity (Wildman–Crippen MR) is 88.7 cm³/mol. The second kappa shape index (κ2) is 7.03. The summed E-state index contributed by atoms with van der Waals surface area (Å²) in [5.74, 6) is -0.142. The molecule has 6 nitrogen and oxygen atoms in total. The number of piperidine rings is 2. The predicted octanol–water partition coefficient (Wildman–Crippen LogP) is 1.28. The lowest BCUT2D eigenvalue weighted by molar-refractivity contribution is -0.139. The first-order valence-corrected chi connectivity index (χ1v) is 9.78. The van der Waals surface area contributed by atoms with Crippen LogP contribution in [0.25, 0.3) is 0 Å². The van der Waals surface area contributed by atoms with E-state index in [1.165, 1.54) is 4.31 Å². The van der Waals surface area contributed by atoms with Gasteiger partial charge in [-0.1, -0.05) is 18.2 Å². The minimum atomic E-state index is -3.56. The summed E-state index contributed by atoms with van der Waals surface area (Å²) < 4.78 is 26.9. The third-order valence-electron chi connectivity index (χ3n) is 4.75. The van der Waals surface area contributed by atoms with Crippen LogP contribution in [0.3, 0.4) is 0 Å². The van der Waals surface area contributed by atoms with Crippen molar-refractivity contribution < 1.29 is 18.0 Å². The van der Waals surface area contributed by atoms with E-state index in [4.69, 9.17) is 0 Å². The summed E-state index contributed by atoms with van der Waals surface area (Å²) in [6.45, 7) is 1.58. The Balaban J connectivity index is 1.70. The average molecular weight is 350 g/mol. The van der Waals surface area contributed by atoms with E-state index >= 15 is 0 Å². The van der Waals surface area contributed by atoms with Crippen LogP contribution in [0.15, 0.2) is 35.2 Å². The number of nitrogens with zero attached hydrogens (tertiary/aromatic N) is 2. The Labute approximate surface area is 142 Å². The lowest BCUT2D eigenvalue weighted by Gasteiger charge is -2.35. The van der Waals surface area contributed by atoms with Crippen LogP contribution in [0.4, 0.5) is 0 Å². The highest BCUT2D eigenvalue weighted by atomic mass is 32.2. The van der Waals surface area contributed by atoms with Gasteiger partial charge in [0.25, 0.3) is 0 Å². The Morgan fingerprint density at radius 1 is 1.04 bits per heavy atom. The Morgan fingerprint density at radius 3 is 2.38 bits per heavy atom. The van der Waals surface area contributed by atoms with Crippen LogP contribution in [-0.2, 0) is 19.6 Å². The number of benzene rings is 1. The summed E-state index contributed by atoms with van der Waals surface area (Å²) in [6.07, 6.45) is 2.19. The number of amides is 1. The van der Waals surface area contributed by atoms with Gasteiger partial charge in [-0.25, -0.2) is 8.42 Å². The lowest BCUT2D eigenvalue weighted by Crippen LogP contribution is -2.48. The third-order valence-corrected chi connectivity index (χ3v) is 6.63. The van der Waals surface area contributed by atoms with Crippen LogP contribution in [0.1, 0.15) is 25.7 Å². The lowest BCUT2D eigenvalue weighted by atomic mass is 9.97. The monoisotopic (exact) mass is 350 g/mol. The minimum Gasteiger partial charge on any atom is -0.342 e. The third kappa shape index (κ3) is 3.52. The molecular formula is C17H22N2O4S. The van der Waals surface area contributed by atoms with Gasteiger partial charge in [-0.3, -0.25) is 9.59 Å². The molecule has 1 atom stereocenters. The molecule has 0 aromatic heterocycles. The van der Waals surface area contributed by atoms with E-state index in [2.05, 4.69) is 0 Å². The molecule has 130 valence electrons. The second-order valence-electron chi connectivity index (χ2n) is 6.38. The fraction of sp³-hybridized carbons (Fsp3) is 0.529. The Bertz CT molecular complexity index is 707. The van der Waals surface area contributed by atoms with Gasteiger partial charge in [0.2, 0.25) is 15.9 Å². The largest absolute Gasteiger partial charge is 0.342 e. The summed E-state index contributed by atoms with van der Waals surface area (Å²) in [5, 5.41) is 0. The molecule has 1 amide bonds. The van der Waals surface area contributed by atoms with Crippen molar-refractivity contribution in [1.82, 2.24) is 9.21 Å². The van der Waals surface area contributed by atoms with E-state index in [-0.39, 0.29) is 29.0 Å². The number of hydrogen-bond acceptors (Lipinski definition) is 4. The van der Waals surface area contributed by atoms with E-state index in [1.807, 2.05) is 0 Å². The summed E-state index contributed by atoms with van der Waals surface area (Å²) in [7, 11) is -3.56. The molecule has 2 saturated heterocycles. The van der Waals surface area contributed by atoms with E-state index in [1.54, 1.807) is 35.2 Å². The Kier molecular flexibility index (Phi) is 5.01. The van der Waals surface area contributed by atoms with Crippen LogP contribution in [-0.4, -0.2) is 55.5 Å². The SMILES string of the molecule is O=C1CCN(C(=O)[C@@H]2CCCN(S(=O)(=O)c3ccccc3)C2)CC1. The van der Waals surface area contributed by atoms with Crippen LogP contribution in [0.2, 0.25) is 0 Å². The highest BCUT2D eigenvalue weighted by Crippen LogP contribution is 2.25. The molecule has 0 bridgehead atoms. The summed E-state index contributed by atoms with van der Waals surface area (Å²) in [6, 6.07) is 8.33. The minimum absolute atomic E-state index is 0.0181. The van der Waals surface area contributed by atoms with Crippen molar-refractivity contribution in [2.75, 3.05) is 26.2 Å². The van der Waals surface area contributed by atoms with Crippen molar-refractivity contribution in [3.63, 3.8) is 0 Å². The molecule has 0 spiro atoms. The highest BCUT2D eigenvalue weighted by molar-refractivity contribution is 7.89. The van der Waals surface area contributed by atoms with Crippen LogP contribution >= 0.6 is 0 Å². The van der Waals surface area contributed by atoms with Gasteiger partial charge < -0.3 is 4.90 Å². The number of rotatable bonds is 3. The molecule has 0 saturated carbocycles. The van der Waals surface area contributed by atoms with Crippen LogP contribution in [0, 0.1) is 5.92 Å². The number of likely N-dealkylation sites (tertiary alicyclic amines) is 1. The number of hydrogen-bond donors (Lipinski definition) is 0. The van der Waals surface area contributed by atoms with Crippen LogP contribution in [0.5, 0.6) is 0 Å². The highest BCUT2D eigenvalue weighted by Gasteiger charge is 2.35. The maximum Gasteiger partial charge on any atom is 0.243 e. The standard InChI is InChI=1S/C17H22N2O4S/c20-15-8-11-18(12-9-15)17(21)14-5-4-10-19(13-14)24(22,23)16-6-2-1-3-7-16/h1-3,6-7,14H,4-5,8-13H2/t14-/m1/s1. The topological polar surface area (TPSA) is 74.8 Å². The number of carbonyl (C=O) groups excluding carboxylic acids is 2. The zero-order valence-electron chi connectivity index (χ0n) is 13.6. The van der Waals surface area contributed by atoms with Crippen molar-refractivity contribution in [3.8, 4) is 0 Å². The van der Waals surface area contributed by atoms with E-state index in [9.17, 15) is 18.0 Å². The van der Waals surface area contributed by atoms with Gasteiger partial charge in [0.15, 0.2) is 0 Å². The van der Waals surface area contributed by atoms with E-state index < -0.39 is 10.0 Å². The molecule has 1 aromatic carbocycles. The molecule has 2 aliphatic rings. The molecule has 0 unspecified atom stereocenters. The van der Waals surface area contributed by atoms with Crippen LogP contribution < -0.4 is 0 Å².